The molecular formula is C11H16ClNO. The van der Waals surface area contributed by atoms with Crippen molar-refractivity contribution in [2.45, 2.75) is 20.8 Å². The van der Waals surface area contributed by atoms with Crippen molar-refractivity contribution in [3.05, 3.63) is 23.4 Å². The Hall–Kier alpha value is -0.760. The van der Waals surface area contributed by atoms with E-state index in [9.17, 15) is 0 Å². The topological polar surface area (TPSA) is 22.1 Å². The third kappa shape index (κ3) is 3.54. The van der Waals surface area contributed by atoms with Crippen molar-refractivity contribution in [2.75, 3.05) is 6.61 Å². The number of rotatable bonds is 4. The summed E-state index contributed by atoms with van der Waals surface area (Å²) in [4.78, 5) is 4.05. The molecule has 78 valence electrons. The van der Waals surface area contributed by atoms with Crippen LogP contribution in [0, 0.1) is 11.8 Å². The van der Waals surface area contributed by atoms with E-state index in [1.807, 2.05) is 12.1 Å². The Labute approximate surface area is 90.3 Å². The van der Waals surface area contributed by atoms with Crippen LogP contribution in [0.1, 0.15) is 20.8 Å². The van der Waals surface area contributed by atoms with Gasteiger partial charge in [0, 0.05) is 6.07 Å². The fraction of sp³-hybridized carbons (Fsp3) is 0.545. The fourth-order valence-electron chi connectivity index (χ4n) is 0.879. The highest BCUT2D eigenvalue weighted by atomic mass is 35.5. The van der Waals surface area contributed by atoms with E-state index in [0.29, 0.717) is 29.5 Å². The van der Waals surface area contributed by atoms with Crippen molar-refractivity contribution in [3.8, 4) is 5.88 Å². The van der Waals surface area contributed by atoms with E-state index < -0.39 is 0 Å². The Balaban J connectivity index is 2.45. The fourth-order valence-corrected chi connectivity index (χ4v) is 1.04. The van der Waals surface area contributed by atoms with Gasteiger partial charge in [-0.05, 0) is 17.9 Å². The van der Waals surface area contributed by atoms with E-state index in [-0.39, 0.29) is 0 Å². The van der Waals surface area contributed by atoms with Gasteiger partial charge >= 0.3 is 0 Å². The van der Waals surface area contributed by atoms with Gasteiger partial charge in [-0.25, -0.2) is 4.98 Å². The average molecular weight is 214 g/mol. The zero-order valence-electron chi connectivity index (χ0n) is 8.83. The average Bonchev–Trinajstić information content (AvgIpc) is 2.14. The summed E-state index contributed by atoms with van der Waals surface area (Å²) in [5.41, 5.74) is 0. The van der Waals surface area contributed by atoms with Gasteiger partial charge in [0.05, 0.1) is 6.61 Å². The van der Waals surface area contributed by atoms with E-state index in [2.05, 4.69) is 25.8 Å². The number of halogens is 1. The SMILES string of the molecule is CC(C)C(C)COc1cccc(Cl)n1. The van der Waals surface area contributed by atoms with E-state index >= 15 is 0 Å². The first-order valence-corrected chi connectivity index (χ1v) is 5.22. The van der Waals surface area contributed by atoms with Crippen LogP contribution in [0.2, 0.25) is 5.15 Å². The second-order valence-corrected chi connectivity index (χ2v) is 4.22. The Kier molecular flexibility index (Phi) is 4.21. The molecule has 0 aliphatic carbocycles. The Morgan fingerprint density at radius 3 is 2.64 bits per heavy atom. The molecule has 1 heterocycles. The highest BCUT2D eigenvalue weighted by Crippen LogP contribution is 2.15. The molecule has 0 radical (unpaired) electrons. The summed E-state index contributed by atoms with van der Waals surface area (Å²) in [6.45, 7) is 7.21. The predicted molar refractivity (Wildman–Crippen MR) is 58.7 cm³/mol. The van der Waals surface area contributed by atoms with Gasteiger partial charge in [-0.1, -0.05) is 38.4 Å². The number of hydrogen-bond donors (Lipinski definition) is 0. The Morgan fingerprint density at radius 1 is 1.36 bits per heavy atom. The highest BCUT2D eigenvalue weighted by Gasteiger charge is 2.08. The van der Waals surface area contributed by atoms with Crippen molar-refractivity contribution in [3.63, 3.8) is 0 Å². The lowest BCUT2D eigenvalue weighted by atomic mass is 9.99. The predicted octanol–water partition coefficient (Wildman–Crippen LogP) is 3.41. The zero-order chi connectivity index (χ0) is 10.6. The first kappa shape index (κ1) is 11.3. The maximum Gasteiger partial charge on any atom is 0.214 e. The van der Waals surface area contributed by atoms with Gasteiger partial charge < -0.3 is 4.74 Å². The lowest BCUT2D eigenvalue weighted by Gasteiger charge is -2.15. The van der Waals surface area contributed by atoms with E-state index in [4.69, 9.17) is 16.3 Å². The third-order valence-electron chi connectivity index (χ3n) is 2.32. The summed E-state index contributed by atoms with van der Waals surface area (Å²) < 4.78 is 5.51. The molecule has 1 rings (SSSR count). The number of ether oxygens (including phenoxy) is 1. The third-order valence-corrected chi connectivity index (χ3v) is 2.53. The molecule has 0 aromatic carbocycles. The minimum atomic E-state index is 0.472. The van der Waals surface area contributed by atoms with Gasteiger partial charge in [-0.15, -0.1) is 0 Å². The largest absolute Gasteiger partial charge is 0.477 e. The molecule has 0 aliphatic heterocycles. The van der Waals surface area contributed by atoms with Crippen molar-refractivity contribution in [1.82, 2.24) is 4.98 Å². The molecule has 0 saturated carbocycles. The van der Waals surface area contributed by atoms with Crippen LogP contribution in [0.15, 0.2) is 18.2 Å². The van der Waals surface area contributed by atoms with Crippen LogP contribution in [0.4, 0.5) is 0 Å². The molecule has 0 amide bonds. The van der Waals surface area contributed by atoms with Gasteiger partial charge in [-0.2, -0.15) is 0 Å². The van der Waals surface area contributed by atoms with Gasteiger partial charge in [0.25, 0.3) is 0 Å². The van der Waals surface area contributed by atoms with Crippen LogP contribution in [0.25, 0.3) is 0 Å². The second kappa shape index (κ2) is 5.20. The molecular weight excluding hydrogens is 198 g/mol. The lowest BCUT2D eigenvalue weighted by molar-refractivity contribution is 0.216. The maximum atomic E-state index is 5.73. The first-order chi connectivity index (χ1) is 6.59. The molecule has 2 nitrogen and oxygen atoms in total. The van der Waals surface area contributed by atoms with Crippen LogP contribution in [0.3, 0.4) is 0 Å². The molecule has 1 aromatic heterocycles. The van der Waals surface area contributed by atoms with Crippen LogP contribution in [0.5, 0.6) is 5.88 Å². The molecule has 1 unspecified atom stereocenters. The smallest absolute Gasteiger partial charge is 0.214 e. The van der Waals surface area contributed by atoms with Gasteiger partial charge in [0.15, 0.2) is 0 Å². The Bertz CT molecular complexity index is 288. The van der Waals surface area contributed by atoms with Gasteiger partial charge in [0.1, 0.15) is 5.15 Å². The summed E-state index contributed by atoms with van der Waals surface area (Å²) in [5, 5.41) is 0.472. The quantitative estimate of drug-likeness (QED) is 0.716. The Morgan fingerprint density at radius 2 is 2.07 bits per heavy atom. The molecule has 0 aliphatic rings. The molecule has 0 fully saturated rings. The summed E-state index contributed by atoms with van der Waals surface area (Å²) in [7, 11) is 0. The van der Waals surface area contributed by atoms with Crippen LogP contribution in [-0.2, 0) is 0 Å². The highest BCUT2D eigenvalue weighted by molar-refractivity contribution is 6.29. The molecule has 3 heteroatoms. The van der Waals surface area contributed by atoms with Crippen molar-refractivity contribution in [2.24, 2.45) is 11.8 Å². The second-order valence-electron chi connectivity index (χ2n) is 3.83. The lowest BCUT2D eigenvalue weighted by Crippen LogP contribution is -2.14. The van der Waals surface area contributed by atoms with Crippen LogP contribution < -0.4 is 4.74 Å². The molecule has 1 atom stereocenters. The summed E-state index contributed by atoms with van der Waals surface area (Å²) in [6.07, 6.45) is 0. The zero-order valence-corrected chi connectivity index (χ0v) is 9.58. The normalized spacial score (nSPS) is 12.9. The number of hydrogen-bond acceptors (Lipinski definition) is 2. The van der Waals surface area contributed by atoms with Crippen molar-refractivity contribution >= 4 is 11.6 Å². The number of nitrogens with zero attached hydrogens (tertiary/aromatic N) is 1. The first-order valence-electron chi connectivity index (χ1n) is 4.85. The van der Waals surface area contributed by atoms with E-state index in [1.54, 1.807) is 6.07 Å². The molecule has 0 spiro atoms. The monoisotopic (exact) mass is 213 g/mol. The van der Waals surface area contributed by atoms with E-state index in [1.165, 1.54) is 0 Å². The summed E-state index contributed by atoms with van der Waals surface area (Å²) in [6, 6.07) is 5.39. The van der Waals surface area contributed by atoms with Crippen LogP contribution in [-0.4, -0.2) is 11.6 Å². The number of aromatic nitrogens is 1. The van der Waals surface area contributed by atoms with E-state index in [0.717, 1.165) is 0 Å². The molecule has 0 saturated heterocycles. The minimum absolute atomic E-state index is 0.472. The van der Waals surface area contributed by atoms with Crippen molar-refractivity contribution in [1.29, 1.82) is 0 Å². The van der Waals surface area contributed by atoms with Crippen molar-refractivity contribution < 1.29 is 4.74 Å². The minimum Gasteiger partial charge on any atom is -0.477 e. The summed E-state index contributed by atoms with van der Waals surface area (Å²) in [5.74, 6) is 1.75. The summed E-state index contributed by atoms with van der Waals surface area (Å²) >= 11 is 5.73. The molecule has 14 heavy (non-hydrogen) atoms. The number of pyridine rings is 1. The van der Waals surface area contributed by atoms with Gasteiger partial charge in [0.2, 0.25) is 5.88 Å². The standard InChI is InChI=1S/C11H16ClNO/c1-8(2)9(3)7-14-11-6-4-5-10(12)13-11/h4-6,8-9H,7H2,1-3H3. The molecule has 0 bridgehead atoms. The van der Waals surface area contributed by atoms with Crippen LogP contribution >= 0.6 is 11.6 Å². The maximum absolute atomic E-state index is 5.73. The van der Waals surface area contributed by atoms with Gasteiger partial charge in [-0.3, -0.25) is 0 Å². The molecule has 1 aromatic rings. The molecule has 0 N–H and O–H groups in total.